The second kappa shape index (κ2) is 8.86. The summed E-state index contributed by atoms with van der Waals surface area (Å²) in [5.41, 5.74) is 5.11. The highest BCUT2D eigenvalue weighted by Gasteiger charge is 2.25. The number of H-pyrrole nitrogens is 1. The molecule has 1 unspecified atom stereocenters. The highest BCUT2D eigenvalue weighted by Crippen LogP contribution is 2.29. The molecule has 158 valence electrons. The van der Waals surface area contributed by atoms with Gasteiger partial charge in [0.05, 0.1) is 24.8 Å². The molecular formula is C22H32N4O3. The maximum atomic E-state index is 13.0. The number of aromatic nitrogens is 2. The van der Waals surface area contributed by atoms with Crippen LogP contribution in [0.4, 0.5) is 5.69 Å². The third-order valence-electron chi connectivity index (χ3n) is 5.87. The Labute approximate surface area is 172 Å². The normalized spacial score (nSPS) is 16.2. The second-order valence-corrected chi connectivity index (χ2v) is 7.71. The van der Waals surface area contributed by atoms with E-state index in [1.165, 1.54) is 4.68 Å². The van der Waals surface area contributed by atoms with Crippen LogP contribution in [0.25, 0.3) is 0 Å². The topological polar surface area (TPSA) is 79.4 Å². The molecule has 7 nitrogen and oxygen atoms in total. The Kier molecular flexibility index (Phi) is 6.47. The van der Waals surface area contributed by atoms with Crippen molar-refractivity contribution >= 4 is 11.6 Å². The largest absolute Gasteiger partial charge is 0.379 e. The number of ether oxygens (including phenoxy) is 1. The molecular weight excluding hydrogens is 368 g/mol. The van der Waals surface area contributed by atoms with Crippen LogP contribution in [-0.2, 0) is 24.8 Å². The summed E-state index contributed by atoms with van der Waals surface area (Å²) in [7, 11) is 1.67. The van der Waals surface area contributed by atoms with Gasteiger partial charge < -0.3 is 15.0 Å². The van der Waals surface area contributed by atoms with Gasteiger partial charge in [-0.3, -0.25) is 19.4 Å². The number of carbonyl (C=O) groups is 1. The minimum absolute atomic E-state index is 0.110. The van der Waals surface area contributed by atoms with Gasteiger partial charge in [0.25, 0.3) is 11.5 Å². The zero-order chi connectivity index (χ0) is 21.1. The molecule has 1 atom stereocenters. The molecule has 0 saturated carbocycles. The molecule has 1 saturated heterocycles. The number of nitrogens with one attached hydrogen (secondary N) is 2. The third kappa shape index (κ3) is 4.24. The molecule has 0 aliphatic carbocycles. The number of hydrogen-bond donors (Lipinski definition) is 2. The van der Waals surface area contributed by atoms with Crippen LogP contribution >= 0.6 is 0 Å². The van der Waals surface area contributed by atoms with E-state index in [0.29, 0.717) is 17.2 Å². The molecule has 0 radical (unpaired) electrons. The highest BCUT2D eigenvalue weighted by molar-refractivity contribution is 5.97. The van der Waals surface area contributed by atoms with Gasteiger partial charge in [0.15, 0.2) is 0 Å². The van der Waals surface area contributed by atoms with E-state index in [0.717, 1.165) is 55.1 Å². The summed E-state index contributed by atoms with van der Waals surface area (Å²) in [4.78, 5) is 27.6. The van der Waals surface area contributed by atoms with E-state index in [1.807, 2.05) is 19.9 Å². The number of rotatable bonds is 7. The fraction of sp³-hybridized carbons (Fsp3) is 0.545. The maximum Gasteiger partial charge on any atom is 0.271 e. The van der Waals surface area contributed by atoms with Crippen molar-refractivity contribution in [2.75, 3.05) is 24.7 Å². The van der Waals surface area contributed by atoms with Crippen LogP contribution < -0.4 is 15.8 Å². The van der Waals surface area contributed by atoms with E-state index in [-0.39, 0.29) is 18.0 Å². The SMILES string of the molecule is CCc1cc(C(=O)NCc2c(C)[nH]n(C)c2=O)c(C)c(N(CC)C2CCOC2)c1. The van der Waals surface area contributed by atoms with Gasteiger partial charge in [-0.1, -0.05) is 6.92 Å². The Hall–Kier alpha value is -2.54. The first-order valence-electron chi connectivity index (χ1n) is 10.4. The van der Waals surface area contributed by atoms with Gasteiger partial charge in [0, 0.05) is 37.1 Å². The first-order chi connectivity index (χ1) is 13.9. The summed E-state index contributed by atoms with van der Waals surface area (Å²) in [5.74, 6) is -0.152. The van der Waals surface area contributed by atoms with Crippen LogP contribution in [0.1, 0.15) is 53.0 Å². The number of hydrogen-bond acceptors (Lipinski definition) is 4. The van der Waals surface area contributed by atoms with E-state index in [1.54, 1.807) is 7.05 Å². The van der Waals surface area contributed by atoms with Gasteiger partial charge >= 0.3 is 0 Å². The van der Waals surface area contributed by atoms with Crippen molar-refractivity contribution in [3.8, 4) is 0 Å². The monoisotopic (exact) mass is 400 g/mol. The summed E-state index contributed by atoms with van der Waals surface area (Å²) >= 11 is 0. The Bertz CT molecular complexity index is 938. The van der Waals surface area contributed by atoms with Crippen molar-refractivity contribution in [1.82, 2.24) is 15.1 Å². The van der Waals surface area contributed by atoms with E-state index < -0.39 is 0 Å². The van der Waals surface area contributed by atoms with E-state index in [4.69, 9.17) is 4.74 Å². The Morgan fingerprint density at radius 3 is 2.66 bits per heavy atom. The molecule has 7 heteroatoms. The molecule has 1 amide bonds. The minimum atomic E-state index is -0.152. The fourth-order valence-corrected chi connectivity index (χ4v) is 4.09. The first-order valence-corrected chi connectivity index (χ1v) is 10.4. The third-order valence-corrected chi connectivity index (χ3v) is 5.87. The summed E-state index contributed by atoms with van der Waals surface area (Å²) in [6.07, 6.45) is 1.85. The quantitative estimate of drug-likeness (QED) is 0.748. The van der Waals surface area contributed by atoms with Gasteiger partial charge in [-0.25, -0.2) is 0 Å². The molecule has 1 aliphatic heterocycles. The molecule has 0 spiro atoms. The summed E-state index contributed by atoms with van der Waals surface area (Å²) in [6, 6.07) is 4.50. The first kappa shape index (κ1) is 21.2. The Morgan fingerprint density at radius 1 is 1.34 bits per heavy atom. The van der Waals surface area contributed by atoms with Crippen molar-refractivity contribution in [3.63, 3.8) is 0 Å². The average Bonchev–Trinajstić information content (AvgIpc) is 3.31. The zero-order valence-electron chi connectivity index (χ0n) is 18.1. The van der Waals surface area contributed by atoms with Gasteiger partial charge in [-0.15, -0.1) is 0 Å². The summed E-state index contributed by atoms with van der Waals surface area (Å²) < 4.78 is 7.02. The van der Waals surface area contributed by atoms with Crippen molar-refractivity contribution in [1.29, 1.82) is 0 Å². The number of aromatic amines is 1. The van der Waals surface area contributed by atoms with E-state index >= 15 is 0 Å². The molecule has 1 aromatic carbocycles. The van der Waals surface area contributed by atoms with Crippen LogP contribution in [0.5, 0.6) is 0 Å². The smallest absolute Gasteiger partial charge is 0.271 e. The van der Waals surface area contributed by atoms with Crippen molar-refractivity contribution in [3.05, 3.63) is 50.4 Å². The number of likely N-dealkylation sites (N-methyl/N-ethyl adjacent to an activating group) is 1. The number of anilines is 1. The van der Waals surface area contributed by atoms with Crippen molar-refractivity contribution < 1.29 is 9.53 Å². The van der Waals surface area contributed by atoms with Crippen LogP contribution in [0, 0.1) is 13.8 Å². The number of carbonyl (C=O) groups excluding carboxylic acids is 1. The Balaban J connectivity index is 1.89. The van der Waals surface area contributed by atoms with E-state index in [2.05, 4.69) is 35.2 Å². The van der Waals surface area contributed by atoms with E-state index in [9.17, 15) is 9.59 Å². The molecule has 29 heavy (non-hydrogen) atoms. The van der Waals surface area contributed by atoms with Crippen molar-refractivity contribution in [2.45, 2.75) is 53.1 Å². The molecule has 3 rings (SSSR count). The van der Waals surface area contributed by atoms with Gasteiger partial charge in [-0.2, -0.15) is 0 Å². The molecule has 1 aliphatic rings. The molecule has 1 aromatic heterocycles. The molecule has 2 aromatic rings. The zero-order valence-corrected chi connectivity index (χ0v) is 18.1. The number of benzene rings is 1. The van der Waals surface area contributed by atoms with Crippen LogP contribution in [0.3, 0.4) is 0 Å². The predicted octanol–water partition coefficient (Wildman–Crippen LogP) is 2.44. The molecule has 2 heterocycles. The lowest BCUT2D eigenvalue weighted by Crippen LogP contribution is -2.36. The Morgan fingerprint density at radius 2 is 2.10 bits per heavy atom. The minimum Gasteiger partial charge on any atom is -0.379 e. The van der Waals surface area contributed by atoms with Gasteiger partial charge in [0.1, 0.15) is 0 Å². The summed E-state index contributed by atoms with van der Waals surface area (Å²) in [5, 5.41) is 5.91. The van der Waals surface area contributed by atoms with Crippen LogP contribution in [0.2, 0.25) is 0 Å². The van der Waals surface area contributed by atoms with Crippen LogP contribution in [0.15, 0.2) is 16.9 Å². The maximum absolute atomic E-state index is 13.0. The number of aryl methyl sites for hydroxylation is 3. The molecule has 1 fully saturated rings. The lowest BCUT2D eigenvalue weighted by molar-refractivity contribution is 0.0950. The standard InChI is InChI=1S/C22H32N4O3/c1-6-16-10-18(21(27)23-12-19-15(4)24-25(5)22(19)28)14(3)20(11-16)26(7-2)17-8-9-29-13-17/h10-11,17,24H,6-9,12-13H2,1-5H3,(H,23,27). The molecule has 2 N–H and O–H groups in total. The fourth-order valence-electron chi connectivity index (χ4n) is 4.09. The number of amides is 1. The second-order valence-electron chi connectivity index (χ2n) is 7.71. The lowest BCUT2D eigenvalue weighted by Gasteiger charge is -2.31. The predicted molar refractivity (Wildman–Crippen MR) is 115 cm³/mol. The van der Waals surface area contributed by atoms with Gasteiger partial charge in [0.2, 0.25) is 0 Å². The van der Waals surface area contributed by atoms with Crippen molar-refractivity contribution in [2.24, 2.45) is 7.05 Å². The summed E-state index contributed by atoms with van der Waals surface area (Å²) in [6.45, 7) is 10.7. The lowest BCUT2D eigenvalue weighted by atomic mass is 9.98. The highest BCUT2D eigenvalue weighted by atomic mass is 16.5. The average molecular weight is 401 g/mol. The van der Waals surface area contributed by atoms with Gasteiger partial charge in [-0.05, 0) is 56.9 Å². The molecule has 0 bridgehead atoms. The number of nitrogens with zero attached hydrogens (tertiary/aromatic N) is 2. The van der Waals surface area contributed by atoms with Crippen LogP contribution in [-0.4, -0.2) is 41.5 Å².